The number of nitro groups is 1. The Kier molecular flexibility index (Phi) is 3.46. The Morgan fingerprint density at radius 1 is 1.22 bits per heavy atom. The molecule has 2 rings (SSSR count). The number of furan rings is 1. The molecule has 0 aliphatic heterocycles. The van der Waals surface area contributed by atoms with Gasteiger partial charge in [-0.25, -0.2) is 0 Å². The zero-order valence-corrected chi connectivity index (χ0v) is 10.4. The molecule has 0 spiro atoms. The van der Waals surface area contributed by atoms with Crippen molar-refractivity contribution < 1.29 is 9.34 Å². The lowest BCUT2D eigenvalue weighted by Crippen LogP contribution is -1.92. The quantitative estimate of drug-likeness (QED) is 0.603. The second kappa shape index (κ2) is 5.04. The van der Waals surface area contributed by atoms with Gasteiger partial charge in [0.25, 0.3) is 5.69 Å². The SMILES string of the molecule is CC(C)Cc1ccc(-c2ccccc2[N+](=O)[O-])o1. The van der Waals surface area contributed by atoms with Gasteiger partial charge in [0.15, 0.2) is 0 Å². The summed E-state index contributed by atoms with van der Waals surface area (Å²) in [6.45, 7) is 4.21. The van der Waals surface area contributed by atoms with Crippen LogP contribution in [0.4, 0.5) is 5.69 Å². The molecule has 4 nitrogen and oxygen atoms in total. The van der Waals surface area contributed by atoms with E-state index in [0.29, 0.717) is 17.2 Å². The van der Waals surface area contributed by atoms with Gasteiger partial charge in [0.1, 0.15) is 11.5 Å². The van der Waals surface area contributed by atoms with Gasteiger partial charge in [-0.15, -0.1) is 0 Å². The lowest BCUT2D eigenvalue weighted by Gasteiger charge is -2.01. The number of hydrogen-bond donors (Lipinski definition) is 0. The van der Waals surface area contributed by atoms with Crippen LogP contribution in [0.15, 0.2) is 40.8 Å². The summed E-state index contributed by atoms with van der Waals surface area (Å²) in [5, 5.41) is 10.9. The van der Waals surface area contributed by atoms with Crippen molar-refractivity contribution >= 4 is 5.69 Å². The molecule has 0 atom stereocenters. The van der Waals surface area contributed by atoms with Gasteiger partial charge in [0, 0.05) is 12.5 Å². The van der Waals surface area contributed by atoms with E-state index in [0.717, 1.165) is 12.2 Å². The van der Waals surface area contributed by atoms with Gasteiger partial charge in [-0.3, -0.25) is 10.1 Å². The Morgan fingerprint density at radius 3 is 2.61 bits per heavy atom. The maximum atomic E-state index is 10.9. The molecule has 0 N–H and O–H groups in total. The van der Waals surface area contributed by atoms with Gasteiger partial charge < -0.3 is 4.42 Å². The van der Waals surface area contributed by atoms with E-state index in [4.69, 9.17) is 4.42 Å². The Labute approximate surface area is 105 Å². The molecule has 1 aromatic heterocycles. The summed E-state index contributed by atoms with van der Waals surface area (Å²) in [6.07, 6.45) is 0.834. The summed E-state index contributed by atoms with van der Waals surface area (Å²) < 4.78 is 5.67. The molecule has 0 aliphatic rings. The third-order valence-corrected chi connectivity index (χ3v) is 2.64. The number of nitrogens with zero attached hydrogens (tertiary/aromatic N) is 1. The number of benzene rings is 1. The van der Waals surface area contributed by atoms with Gasteiger partial charge in [-0.1, -0.05) is 26.0 Å². The predicted molar refractivity (Wildman–Crippen MR) is 69.3 cm³/mol. The maximum Gasteiger partial charge on any atom is 0.280 e. The highest BCUT2D eigenvalue weighted by molar-refractivity contribution is 5.69. The van der Waals surface area contributed by atoms with E-state index < -0.39 is 0 Å². The first-order chi connectivity index (χ1) is 8.58. The first kappa shape index (κ1) is 12.4. The predicted octanol–water partition coefficient (Wildman–Crippen LogP) is 4.05. The van der Waals surface area contributed by atoms with E-state index in [2.05, 4.69) is 13.8 Å². The Morgan fingerprint density at radius 2 is 1.94 bits per heavy atom. The van der Waals surface area contributed by atoms with Crippen molar-refractivity contribution in [2.75, 3.05) is 0 Å². The highest BCUT2D eigenvalue weighted by Gasteiger charge is 2.17. The third kappa shape index (κ3) is 2.59. The summed E-state index contributed by atoms with van der Waals surface area (Å²) in [5.74, 6) is 1.91. The molecule has 1 heterocycles. The van der Waals surface area contributed by atoms with Crippen LogP contribution in [0.3, 0.4) is 0 Å². The van der Waals surface area contributed by atoms with Crippen molar-refractivity contribution in [1.29, 1.82) is 0 Å². The van der Waals surface area contributed by atoms with Crippen LogP contribution in [0, 0.1) is 16.0 Å². The topological polar surface area (TPSA) is 56.3 Å². The lowest BCUT2D eigenvalue weighted by atomic mass is 10.1. The van der Waals surface area contributed by atoms with Crippen LogP contribution in [0.2, 0.25) is 0 Å². The van der Waals surface area contributed by atoms with Crippen molar-refractivity contribution in [1.82, 2.24) is 0 Å². The van der Waals surface area contributed by atoms with E-state index in [9.17, 15) is 10.1 Å². The minimum absolute atomic E-state index is 0.0722. The fourth-order valence-corrected chi connectivity index (χ4v) is 1.88. The molecular weight excluding hydrogens is 230 g/mol. The van der Waals surface area contributed by atoms with Gasteiger partial charge in [-0.05, 0) is 24.1 Å². The summed E-state index contributed by atoms with van der Waals surface area (Å²) in [6, 6.07) is 10.3. The van der Waals surface area contributed by atoms with Crippen molar-refractivity contribution in [3.05, 3.63) is 52.3 Å². The molecule has 0 bridgehead atoms. The van der Waals surface area contributed by atoms with Crippen LogP contribution in [0.25, 0.3) is 11.3 Å². The molecule has 0 saturated heterocycles. The van der Waals surface area contributed by atoms with Gasteiger partial charge in [0.2, 0.25) is 0 Å². The van der Waals surface area contributed by atoms with Crippen molar-refractivity contribution in [3.63, 3.8) is 0 Å². The highest BCUT2D eigenvalue weighted by atomic mass is 16.6. The summed E-state index contributed by atoms with van der Waals surface area (Å²) in [7, 11) is 0. The second-order valence-corrected chi connectivity index (χ2v) is 4.64. The third-order valence-electron chi connectivity index (χ3n) is 2.64. The van der Waals surface area contributed by atoms with E-state index in [1.807, 2.05) is 6.07 Å². The Hall–Kier alpha value is -2.10. The van der Waals surface area contributed by atoms with Crippen LogP contribution in [-0.2, 0) is 6.42 Å². The number of nitro benzene ring substituents is 1. The first-order valence-electron chi connectivity index (χ1n) is 5.90. The van der Waals surface area contributed by atoms with Gasteiger partial charge >= 0.3 is 0 Å². The van der Waals surface area contributed by atoms with Crippen LogP contribution >= 0.6 is 0 Å². The van der Waals surface area contributed by atoms with Crippen molar-refractivity contribution in [2.24, 2.45) is 5.92 Å². The molecule has 0 amide bonds. The molecule has 94 valence electrons. The largest absolute Gasteiger partial charge is 0.461 e. The molecular formula is C14H15NO3. The summed E-state index contributed by atoms with van der Waals surface area (Å²) >= 11 is 0. The average molecular weight is 245 g/mol. The molecule has 0 unspecified atom stereocenters. The van der Waals surface area contributed by atoms with Crippen LogP contribution in [-0.4, -0.2) is 4.92 Å². The lowest BCUT2D eigenvalue weighted by molar-refractivity contribution is -0.384. The Balaban J connectivity index is 2.37. The van der Waals surface area contributed by atoms with Crippen molar-refractivity contribution in [3.8, 4) is 11.3 Å². The number of hydrogen-bond acceptors (Lipinski definition) is 3. The minimum Gasteiger partial charge on any atom is -0.461 e. The monoisotopic (exact) mass is 245 g/mol. The zero-order valence-electron chi connectivity index (χ0n) is 10.4. The maximum absolute atomic E-state index is 10.9. The molecule has 0 saturated carbocycles. The van der Waals surface area contributed by atoms with Crippen LogP contribution in [0.5, 0.6) is 0 Å². The normalized spacial score (nSPS) is 10.8. The second-order valence-electron chi connectivity index (χ2n) is 4.64. The average Bonchev–Trinajstić information content (AvgIpc) is 2.76. The molecule has 0 radical (unpaired) electrons. The fourth-order valence-electron chi connectivity index (χ4n) is 1.88. The molecule has 0 fully saturated rings. The van der Waals surface area contributed by atoms with Crippen molar-refractivity contribution in [2.45, 2.75) is 20.3 Å². The van der Waals surface area contributed by atoms with E-state index in [1.165, 1.54) is 6.07 Å². The van der Waals surface area contributed by atoms with Crippen LogP contribution in [0.1, 0.15) is 19.6 Å². The number of para-hydroxylation sites is 1. The molecule has 18 heavy (non-hydrogen) atoms. The molecule has 1 aromatic carbocycles. The molecule has 4 heteroatoms. The molecule has 2 aromatic rings. The summed E-state index contributed by atoms with van der Waals surface area (Å²) in [4.78, 5) is 10.6. The number of rotatable bonds is 4. The summed E-state index contributed by atoms with van der Waals surface area (Å²) in [5.41, 5.74) is 0.598. The highest BCUT2D eigenvalue weighted by Crippen LogP contribution is 2.31. The van der Waals surface area contributed by atoms with E-state index in [-0.39, 0.29) is 10.6 Å². The van der Waals surface area contributed by atoms with Crippen LogP contribution < -0.4 is 0 Å². The smallest absolute Gasteiger partial charge is 0.280 e. The van der Waals surface area contributed by atoms with Gasteiger partial charge in [0.05, 0.1) is 10.5 Å². The van der Waals surface area contributed by atoms with E-state index in [1.54, 1.807) is 24.3 Å². The van der Waals surface area contributed by atoms with E-state index >= 15 is 0 Å². The minimum atomic E-state index is -0.389. The fraction of sp³-hybridized carbons (Fsp3) is 0.286. The standard InChI is InChI=1S/C14H15NO3/c1-10(2)9-11-7-8-14(18-11)12-5-3-4-6-13(12)15(16)17/h3-8,10H,9H2,1-2H3. The Bertz CT molecular complexity index is 558. The van der Waals surface area contributed by atoms with Gasteiger partial charge in [-0.2, -0.15) is 0 Å². The molecule has 0 aliphatic carbocycles. The zero-order chi connectivity index (χ0) is 13.1. The first-order valence-corrected chi connectivity index (χ1v) is 5.90.